The van der Waals surface area contributed by atoms with E-state index in [-0.39, 0.29) is 12.1 Å². The summed E-state index contributed by atoms with van der Waals surface area (Å²) in [6, 6.07) is 8.23. The number of nitrogens with two attached hydrogens (primary N) is 1. The van der Waals surface area contributed by atoms with Crippen molar-refractivity contribution in [3.8, 4) is 0 Å². The van der Waals surface area contributed by atoms with E-state index in [4.69, 9.17) is 5.73 Å². The Bertz CT molecular complexity index is 372. The lowest BCUT2D eigenvalue weighted by atomic mass is 10.0. The summed E-state index contributed by atoms with van der Waals surface area (Å²) in [5.74, 6) is 0. The van der Waals surface area contributed by atoms with Gasteiger partial charge in [-0.1, -0.05) is 28.1 Å². The molecule has 1 heterocycles. The van der Waals surface area contributed by atoms with Crippen molar-refractivity contribution >= 4 is 15.9 Å². The molecule has 1 aromatic rings. The molecule has 2 rings (SSSR count). The van der Waals surface area contributed by atoms with Crippen LogP contribution in [0.1, 0.15) is 24.4 Å². The molecule has 0 aromatic heterocycles. The third-order valence-corrected chi connectivity index (χ3v) is 3.77. The number of halogens is 1. The van der Waals surface area contributed by atoms with Gasteiger partial charge in [0.05, 0.1) is 6.10 Å². The quantitative estimate of drug-likeness (QED) is 0.893. The Hall–Kier alpha value is -0.420. The van der Waals surface area contributed by atoms with Crippen LogP contribution >= 0.6 is 15.9 Å². The molecule has 1 fully saturated rings. The summed E-state index contributed by atoms with van der Waals surface area (Å²) in [6.07, 6.45) is 1.69. The molecule has 94 valence electrons. The molecule has 1 aliphatic heterocycles. The van der Waals surface area contributed by atoms with Crippen molar-refractivity contribution in [2.45, 2.75) is 25.0 Å². The Morgan fingerprint density at radius 1 is 1.53 bits per heavy atom. The zero-order valence-corrected chi connectivity index (χ0v) is 11.4. The van der Waals surface area contributed by atoms with E-state index >= 15 is 0 Å². The highest BCUT2D eigenvalue weighted by Crippen LogP contribution is 2.20. The first-order chi connectivity index (χ1) is 8.15. The van der Waals surface area contributed by atoms with Crippen LogP contribution in [0.25, 0.3) is 0 Å². The van der Waals surface area contributed by atoms with Crippen LogP contribution in [-0.2, 0) is 0 Å². The van der Waals surface area contributed by atoms with Crippen LogP contribution in [-0.4, -0.2) is 35.7 Å². The van der Waals surface area contributed by atoms with Crippen molar-refractivity contribution in [3.05, 3.63) is 34.3 Å². The maximum Gasteiger partial charge on any atom is 0.0679 e. The van der Waals surface area contributed by atoms with Crippen molar-refractivity contribution in [2.75, 3.05) is 19.6 Å². The molecular weight excluding hydrogens is 280 g/mol. The minimum absolute atomic E-state index is 0.0743. The number of benzene rings is 1. The fourth-order valence-electron chi connectivity index (χ4n) is 2.24. The standard InChI is InChI=1S/C13H19BrN2O/c14-11-3-1-2-10(8-11)13(15)5-7-16-6-4-12(17)9-16/h1-3,8,12-13,17H,4-7,9,15H2. The van der Waals surface area contributed by atoms with Gasteiger partial charge in [-0.3, -0.25) is 0 Å². The van der Waals surface area contributed by atoms with Crippen LogP contribution in [0.3, 0.4) is 0 Å². The minimum Gasteiger partial charge on any atom is -0.392 e. The van der Waals surface area contributed by atoms with Crippen molar-refractivity contribution < 1.29 is 5.11 Å². The lowest BCUT2D eigenvalue weighted by Crippen LogP contribution is -2.26. The van der Waals surface area contributed by atoms with Crippen molar-refractivity contribution in [2.24, 2.45) is 5.73 Å². The number of aliphatic hydroxyl groups is 1. The van der Waals surface area contributed by atoms with Gasteiger partial charge in [0, 0.05) is 30.1 Å². The topological polar surface area (TPSA) is 49.5 Å². The van der Waals surface area contributed by atoms with Gasteiger partial charge in [0.2, 0.25) is 0 Å². The fourth-order valence-corrected chi connectivity index (χ4v) is 2.66. The Kier molecular flexibility index (Phi) is 4.56. The number of hydrogen-bond acceptors (Lipinski definition) is 3. The smallest absolute Gasteiger partial charge is 0.0679 e. The zero-order chi connectivity index (χ0) is 12.3. The molecule has 1 saturated heterocycles. The highest BCUT2D eigenvalue weighted by molar-refractivity contribution is 9.10. The van der Waals surface area contributed by atoms with Gasteiger partial charge < -0.3 is 15.7 Å². The van der Waals surface area contributed by atoms with Crippen LogP contribution < -0.4 is 5.73 Å². The predicted octanol–water partition coefficient (Wildman–Crippen LogP) is 1.91. The molecule has 0 amide bonds. The van der Waals surface area contributed by atoms with E-state index in [2.05, 4.69) is 33.0 Å². The van der Waals surface area contributed by atoms with E-state index in [1.807, 2.05) is 12.1 Å². The summed E-state index contributed by atoms with van der Waals surface area (Å²) in [6.45, 7) is 2.75. The van der Waals surface area contributed by atoms with Gasteiger partial charge >= 0.3 is 0 Å². The van der Waals surface area contributed by atoms with Crippen LogP contribution in [0.2, 0.25) is 0 Å². The van der Waals surface area contributed by atoms with Crippen molar-refractivity contribution in [3.63, 3.8) is 0 Å². The highest BCUT2D eigenvalue weighted by Gasteiger charge is 2.20. The summed E-state index contributed by atoms with van der Waals surface area (Å²) in [7, 11) is 0. The normalized spacial score (nSPS) is 22.9. The second-order valence-electron chi connectivity index (χ2n) is 4.69. The molecule has 0 spiro atoms. The molecule has 0 radical (unpaired) electrons. The lowest BCUT2D eigenvalue weighted by molar-refractivity contribution is 0.175. The first-order valence-corrected chi connectivity index (χ1v) is 6.86. The Morgan fingerprint density at radius 2 is 2.35 bits per heavy atom. The van der Waals surface area contributed by atoms with Gasteiger partial charge in [0.1, 0.15) is 0 Å². The molecular formula is C13H19BrN2O. The van der Waals surface area contributed by atoms with E-state index in [1.54, 1.807) is 0 Å². The largest absolute Gasteiger partial charge is 0.392 e. The second-order valence-corrected chi connectivity index (χ2v) is 5.61. The molecule has 1 aliphatic rings. The third-order valence-electron chi connectivity index (χ3n) is 3.28. The number of rotatable bonds is 4. The van der Waals surface area contributed by atoms with Gasteiger partial charge in [-0.2, -0.15) is 0 Å². The molecule has 2 unspecified atom stereocenters. The molecule has 3 nitrogen and oxygen atoms in total. The number of hydrogen-bond donors (Lipinski definition) is 2. The van der Waals surface area contributed by atoms with Gasteiger partial charge in [-0.25, -0.2) is 0 Å². The first kappa shape index (κ1) is 13.0. The summed E-state index contributed by atoms with van der Waals surface area (Å²) in [4.78, 5) is 2.28. The Balaban J connectivity index is 1.83. The average molecular weight is 299 g/mol. The maximum absolute atomic E-state index is 9.44. The summed E-state index contributed by atoms with van der Waals surface area (Å²) >= 11 is 3.46. The SMILES string of the molecule is NC(CCN1CCC(O)C1)c1cccc(Br)c1. The molecule has 17 heavy (non-hydrogen) atoms. The molecule has 0 saturated carbocycles. The Labute approximate surface area is 111 Å². The summed E-state index contributed by atoms with van der Waals surface area (Å²) in [5, 5.41) is 9.44. The maximum atomic E-state index is 9.44. The number of nitrogens with zero attached hydrogens (tertiary/aromatic N) is 1. The number of β-amino-alcohol motifs (C(OH)–C–C–N with tert-alkyl or cyclic N) is 1. The van der Waals surface area contributed by atoms with Crippen molar-refractivity contribution in [1.82, 2.24) is 4.90 Å². The lowest BCUT2D eigenvalue weighted by Gasteiger charge is -2.18. The van der Waals surface area contributed by atoms with Gasteiger partial charge in [-0.05, 0) is 30.5 Å². The van der Waals surface area contributed by atoms with Gasteiger partial charge in [0.15, 0.2) is 0 Å². The number of likely N-dealkylation sites (tertiary alicyclic amines) is 1. The zero-order valence-electron chi connectivity index (χ0n) is 9.85. The van der Waals surface area contributed by atoms with Crippen LogP contribution in [0.5, 0.6) is 0 Å². The van der Waals surface area contributed by atoms with Gasteiger partial charge in [0.25, 0.3) is 0 Å². The summed E-state index contributed by atoms with van der Waals surface area (Å²) < 4.78 is 1.07. The molecule has 2 atom stereocenters. The van der Waals surface area contributed by atoms with E-state index in [0.717, 1.165) is 36.9 Å². The molecule has 0 bridgehead atoms. The van der Waals surface area contributed by atoms with E-state index in [1.165, 1.54) is 5.56 Å². The Morgan fingerprint density at radius 3 is 3.00 bits per heavy atom. The minimum atomic E-state index is -0.142. The van der Waals surface area contributed by atoms with Gasteiger partial charge in [-0.15, -0.1) is 0 Å². The van der Waals surface area contributed by atoms with Crippen LogP contribution in [0, 0.1) is 0 Å². The highest BCUT2D eigenvalue weighted by atomic mass is 79.9. The average Bonchev–Trinajstić information content (AvgIpc) is 2.72. The van der Waals surface area contributed by atoms with Crippen LogP contribution in [0.15, 0.2) is 28.7 Å². The second kappa shape index (κ2) is 5.96. The number of aliphatic hydroxyl groups excluding tert-OH is 1. The molecule has 3 N–H and O–H groups in total. The van der Waals surface area contributed by atoms with Crippen LogP contribution in [0.4, 0.5) is 0 Å². The fraction of sp³-hybridized carbons (Fsp3) is 0.538. The summed E-state index contributed by atoms with van der Waals surface area (Å²) in [5.41, 5.74) is 7.33. The van der Waals surface area contributed by atoms with E-state index in [9.17, 15) is 5.11 Å². The molecule has 4 heteroatoms. The third kappa shape index (κ3) is 3.78. The van der Waals surface area contributed by atoms with Crippen molar-refractivity contribution in [1.29, 1.82) is 0 Å². The van der Waals surface area contributed by atoms with E-state index in [0.29, 0.717) is 0 Å². The predicted molar refractivity (Wildman–Crippen MR) is 72.8 cm³/mol. The van der Waals surface area contributed by atoms with E-state index < -0.39 is 0 Å². The molecule has 0 aliphatic carbocycles. The molecule has 1 aromatic carbocycles. The first-order valence-electron chi connectivity index (χ1n) is 6.06. The monoisotopic (exact) mass is 298 g/mol.